The number of nitrogens with one attached hydrogen (secondary N) is 1. The molecule has 128 valence electrons. The second kappa shape index (κ2) is 7.17. The number of ketones is 1. The third-order valence-electron chi connectivity index (χ3n) is 3.93. The van der Waals surface area contributed by atoms with Crippen LogP contribution in [0.1, 0.15) is 23.7 Å². The molecule has 3 rings (SSSR count). The fourth-order valence-electron chi connectivity index (χ4n) is 2.62. The number of carbonyl (C=O) groups is 3. The molecular weight excluding hydrogens is 320 g/mol. The fraction of sp³-hybridized carbons (Fsp3) is 0.211. The fourth-order valence-corrected chi connectivity index (χ4v) is 2.62. The van der Waals surface area contributed by atoms with Crippen LogP contribution < -0.4 is 15.0 Å². The van der Waals surface area contributed by atoms with E-state index in [1.54, 1.807) is 55.5 Å². The van der Waals surface area contributed by atoms with Gasteiger partial charge in [-0.2, -0.15) is 0 Å². The van der Waals surface area contributed by atoms with Crippen LogP contribution in [-0.2, 0) is 9.59 Å². The highest BCUT2D eigenvalue weighted by Gasteiger charge is 2.26. The summed E-state index contributed by atoms with van der Waals surface area (Å²) in [6.07, 6.45) is 0.440. The SMILES string of the molecule is CCC(=O)c1ccc(OCC(=O)N2CC(=O)Nc3ccccc32)cc1. The summed E-state index contributed by atoms with van der Waals surface area (Å²) in [5.41, 5.74) is 1.87. The standard InChI is InChI=1S/C19H18N2O4/c1-2-17(22)13-7-9-14(10-8-13)25-12-19(24)21-11-18(23)20-15-5-3-4-6-16(15)21/h3-10H,2,11-12H2,1H3,(H,20,23). The number of ether oxygens (including phenoxy) is 1. The van der Waals surface area contributed by atoms with Crippen molar-refractivity contribution >= 4 is 29.0 Å². The lowest BCUT2D eigenvalue weighted by molar-refractivity contribution is -0.123. The second-order valence-corrected chi connectivity index (χ2v) is 5.63. The largest absolute Gasteiger partial charge is 0.484 e. The summed E-state index contributed by atoms with van der Waals surface area (Å²) in [5, 5.41) is 2.74. The zero-order valence-electron chi connectivity index (χ0n) is 13.8. The summed E-state index contributed by atoms with van der Waals surface area (Å²) in [6.45, 7) is 1.57. The summed E-state index contributed by atoms with van der Waals surface area (Å²) in [5.74, 6) is -0.000182. The average molecular weight is 338 g/mol. The van der Waals surface area contributed by atoms with Gasteiger partial charge in [-0.05, 0) is 36.4 Å². The van der Waals surface area contributed by atoms with Gasteiger partial charge in [0.25, 0.3) is 5.91 Å². The molecule has 0 saturated carbocycles. The molecular formula is C19H18N2O4. The molecule has 0 bridgehead atoms. The summed E-state index contributed by atoms with van der Waals surface area (Å²) in [4.78, 5) is 37.2. The third-order valence-corrected chi connectivity index (χ3v) is 3.93. The van der Waals surface area contributed by atoms with E-state index in [2.05, 4.69) is 5.32 Å². The number of para-hydroxylation sites is 2. The van der Waals surface area contributed by atoms with Gasteiger partial charge in [0.2, 0.25) is 5.91 Å². The zero-order chi connectivity index (χ0) is 17.8. The van der Waals surface area contributed by atoms with Crippen LogP contribution >= 0.6 is 0 Å². The smallest absolute Gasteiger partial charge is 0.265 e. The molecule has 1 heterocycles. The zero-order valence-corrected chi connectivity index (χ0v) is 13.8. The van der Waals surface area contributed by atoms with Gasteiger partial charge in [0.05, 0.1) is 11.4 Å². The number of hydrogen-bond donors (Lipinski definition) is 1. The summed E-state index contributed by atoms with van der Waals surface area (Å²) in [6, 6.07) is 13.8. The van der Waals surface area contributed by atoms with E-state index in [-0.39, 0.29) is 30.7 Å². The molecule has 2 amide bonds. The molecule has 0 aliphatic carbocycles. The van der Waals surface area contributed by atoms with Gasteiger partial charge >= 0.3 is 0 Å². The number of anilines is 2. The number of amides is 2. The highest BCUT2D eigenvalue weighted by atomic mass is 16.5. The Kier molecular flexibility index (Phi) is 4.79. The molecule has 0 atom stereocenters. The van der Waals surface area contributed by atoms with E-state index in [9.17, 15) is 14.4 Å². The van der Waals surface area contributed by atoms with E-state index < -0.39 is 0 Å². The molecule has 1 N–H and O–H groups in total. The van der Waals surface area contributed by atoms with Crippen LogP contribution in [0.15, 0.2) is 48.5 Å². The lowest BCUT2D eigenvalue weighted by Crippen LogP contribution is -2.44. The normalized spacial score (nSPS) is 13.0. The number of nitrogens with zero attached hydrogens (tertiary/aromatic N) is 1. The van der Waals surface area contributed by atoms with Crippen molar-refractivity contribution in [2.45, 2.75) is 13.3 Å². The van der Waals surface area contributed by atoms with E-state index in [1.807, 2.05) is 0 Å². The molecule has 1 aliphatic rings. The Bertz CT molecular complexity index is 814. The maximum absolute atomic E-state index is 12.5. The van der Waals surface area contributed by atoms with Gasteiger partial charge in [-0.3, -0.25) is 19.3 Å². The highest BCUT2D eigenvalue weighted by molar-refractivity contribution is 6.10. The van der Waals surface area contributed by atoms with Crippen molar-refractivity contribution < 1.29 is 19.1 Å². The summed E-state index contributed by atoms with van der Waals surface area (Å²) >= 11 is 0. The maximum Gasteiger partial charge on any atom is 0.265 e. The lowest BCUT2D eigenvalue weighted by Gasteiger charge is -2.29. The van der Waals surface area contributed by atoms with Crippen molar-refractivity contribution in [1.29, 1.82) is 0 Å². The Morgan fingerprint density at radius 1 is 1.12 bits per heavy atom. The first-order valence-electron chi connectivity index (χ1n) is 8.04. The minimum Gasteiger partial charge on any atom is -0.484 e. The summed E-state index contributed by atoms with van der Waals surface area (Å²) in [7, 11) is 0. The predicted molar refractivity (Wildman–Crippen MR) is 94.0 cm³/mol. The van der Waals surface area contributed by atoms with E-state index in [4.69, 9.17) is 4.74 Å². The highest BCUT2D eigenvalue weighted by Crippen LogP contribution is 2.28. The Hall–Kier alpha value is -3.15. The molecule has 0 fully saturated rings. The molecule has 25 heavy (non-hydrogen) atoms. The van der Waals surface area contributed by atoms with Crippen LogP contribution in [0.4, 0.5) is 11.4 Å². The molecule has 1 aliphatic heterocycles. The second-order valence-electron chi connectivity index (χ2n) is 5.63. The van der Waals surface area contributed by atoms with Gasteiger partial charge < -0.3 is 10.1 Å². The molecule has 2 aromatic rings. The predicted octanol–water partition coefficient (Wildman–Crippen LogP) is 2.64. The van der Waals surface area contributed by atoms with Gasteiger partial charge in [-0.1, -0.05) is 19.1 Å². The monoisotopic (exact) mass is 338 g/mol. The molecule has 0 unspecified atom stereocenters. The lowest BCUT2D eigenvalue weighted by atomic mass is 10.1. The number of benzene rings is 2. The number of Topliss-reactive ketones (excluding diaryl/α,β-unsaturated/α-hetero) is 1. The number of fused-ring (bicyclic) bond motifs is 1. The Morgan fingerprint density at radius 2 is 1.84 bits per heavy atom. The van der Waals surface area contributed by atoms with Crippen molar-refractivity contribution in [2.75, 3.05) is 23.4 Å². The van der Waals surface area contributed by atoms with Gasteiger partial charge in [-0.25, -0.2) is 0 Å². The number of rotatable bonds is 5. The van der Waals surface area contributed by atoms with Gasteiger partial charge in [0.1, 0.15) is 12.3 Å². The van der Waals surface area contributed by atoms with Crippen molar-refractivity contribution in [3.63, 3.8) is 0 Å². The molecule has 0 spiro atoms. The van der Waals surface area contributed by atoms with Gasteiger partial charge in [-0.15, -0.1) is 0 Å². The molecule has 0 saturated heterocycles. The first-order chi connectivity index (χ1) is 12.1. The molecule has 6 heteroatoms. The van der Waals surface area contributed by atoms with Crippen molar-refractivity contribution in [1.82, 2.24) is 0 Å². The van der Waals surface area contributed by atoms with Crippen molar-refractivity contribution in [3.8, 4) is 5.75 Å². The first kappa shape index (κ1) is 16.7. The Morgan fingerprint density at radius 3 is 2.56 bits per heavy atom. The van der Waals surface area contributed by atoms with E-state index in [0.29, 0.717) is 29.1 Å². The molecule has 2 aromatic carbocycles. The minimum absolute atomic E-state index is 0.0385. The average Bonchev–Trinajstić information content (AvgIpc) is 2.65. The summed E-state index contributed by atoms with van der Waals surface area (Å²) < 4.78 is 5.51. The Balaban J connectivity index is 1.67. The van der Waals surface area contributed by atoms with E-state index in [0.717, 1.165) is 0 Å². The van der Waals surface area contributed by atoms with Crippen LogP contribution in [0, 0.1) is 0 Å². The number of carbonyl (C=O) groups excluding carboxylic acids is 3. The minimum atomic E-state index is -0.309. The third kappa shape index (κ3) is 3.68. The first-order valence-corrected chi connectivity index (χ1v) is 8.04. The maximum atomic E-state index is 12.5. The van der Waals surface area contributed by atoms with Crippen LogP contribution in [0.25, 0.3) is 0 Å². The van der Waals surface area contributed by atoms with E-state index >= 15 is 0 Å². The van der Waals surface area contributed by atoms with Crippen LogP contribution in [0.2, 0.25) is 0 Å². The molecule has 0 aromatic heterocycles. The van der Waals surface area contributed by atoms with Gasteiger partial charge in [0.15, 0.2) is 12.4 Å². The van der Waals surface area contributed by atoms with Crippen LogP contribution in [0.3, 0.4) is 0 Å². The van der Waals surface area contributed by atoms with Crippen molar-refractivity contribution in [3.05, 3.63) is 54.1 Å². The van der Waals surface area contributed by atoms with Crippen molar-refractivity contribution in [2.24, 2.45) is 0 Å². The number of hydrogen-bond acceptors (Lipinski definition) is 4. The topological polar surface area (TPSA) is 75.7 Å². The quantitative estimate of drug-likeness (QED) is 0.851. The van der Waals surface area contributed by atoms with E-state index in [1.165, 1.54) is 4.90 Å². The molecule has 6 nitrogen and oxygen atoms in total. The van der Waals surface area contributed by atoms with Crippen LogP contribution in [0.5, 0.6) is 5.75 Å². The Labute approximate surface area is 145 Å². The molecule has 0 radical (unpaired) electrons. The van der Waals surface area contributed by atoms with Gasteiger partial charge in [0, 0.05) is 12.0 Å². The van der Waals surface area contributed by atoms with Crippen LogP contribution in [-0.4, -0.2) is 30.7 Å².